The molecule has 0 amide bonds. The largest absolute Gasteiger partial charge is 0.393 e. The van der Waals surface area contributed by atoms with E-state index in [0.717, 1.165) is 30.1 Å². The number of benzene rings is 1. The van der Waals surface area contributed by atoms with E-state index in [-0.39, 0.29) is 28.6 Å². The van der Waals surface area contributed by atoms with E-state index in [1.807, 2.05) is 22.9 Å². The fraction of sp³-hybridized carbons (Fsp3) is 0.667. The van der Waals surface area contributed by atoms with Gasteiger partial charge in [-0.1, -0.05) is 73.7 Å². The van der Waals surface area contributed by atoms with Crippen molar-refractivity contribution in [1.29, 1.82) is 0 Å². The molecule has 8 heteroatoms. The van der Waals surface area contributed by atoms with Gasteiger partial charge in [0, 0.05) is 16.3 Å². The molecule has 2 aromatic rings. The monoisotopic (exact) mass is 631 g/mol. The first-order chi connectivity index (χ1) is 18.1. The minimum absolute atomic E-state index is 0.00189. The first-order valence-electron chi connectivity index (χ1n) is 14.2. The van der Waals surface area contributed by atoms with E-state index in [1.165, 1.54) is 4.57 Å². The van der Waals surface area contributed by atoms with Gasteiger partial charge in [0.2, 0.25) is 0 Å². The number of aliphatic hydroxyl groups is 2. The van der Waals surface area contributed by atoms with Crippen LogP contribution in [0, 0.1) is 34.5 Å². The van der Waals surface area contributed by atoms with Crippen LogP contribution in [0.25, 0.3) is 5.69 Å². The predicted molar refractivity (Wildman–Crippen MR) is 154 cm³/mol. The molecule has 0 unspecified atom stereocenters. The van der Waals surface area contributed by atoms with Crippen molar-refractivity contribution in [3.63, 3.8) is 0 Å². The average Bonchev–Trinajstić information content (AvgIpc) is 3.39. The molecule has 38 heavy (non-hydrogen) atoms. The molecule has 2 bridgehead atoms. The summed E-state index contributed by atoms with van der Waals surface area (Å²) >= 11 is 2.51. The van der Waals surface area contributed by atoms with Crippen LogP contribution in [0.15, 0.2) is 52.1 Å². The molecule has 2 spiro atoms. The van der Waals surface area contributed by atoms with Crippen molar-refractivity contribution in [2.45, 2.75) is 82.6 Å². The number of rotatable bonds is 3. The summed E-state index contributed by atoms with van der Waals surface area (Å²) in [5, 5.41) is 22.7. The Morgan fingerprint density at radius 1 is 1.00 bits per heavy atom. The van der Waals surface area contributed by atoms with Crippen LogP contribution in [0.2, 0.25) is 0 Å². The normalized spacial score (nSPS) is 45.3. The van der Waals surface area contributed by atoms with Crippen molar-refractivity contribution in [2.75, 3.05) is 4.43 Å². The standard InChI is InChI=1S/C30H38IN3O4/c1-18(17-31)21-9-10-22-27(21,2)12-11-23-28(3)24(36)15-20(35)16-29(28)13-14-30(22,23)34-26(38)32(25(37)33(29)34)19-7-5-4-6-8-19/h4-8,13-14,18,20-24,35-36H,9-12,15-17H2,1-3H3/t18-,20+,21-,22-,23-,24+,27-,28+,29-,30+/m1/s1. The lowest BCUT2D eigenvalue weighted by Crippen LogP contribution is -2.79. The summed E-state index contributed by atoms with van der Waals surface area (Å²) in [4.78, 5) is 28.9. The number of para-hydroxylation sites is 1. The Labute approximate surface area is 236 Å². The highest BCUT2D eigenvalue weighted by Crippen LogP contribution is 2.73. The first kappa shape index (κ1) is 25.3. The molecule has 7 nitrogen and oxygen atoms in total. The molecule has 10 atom stereocenters. The Hall–Kier alpha value is -1.65. The van der Waals surface area contributed by atoms with Crippen LogP contribution in [0.3, 0.4) is 0 Å². The number of nitrogens with zero attached hydrogens (tertiary/aromatic N) is 3. The van der Waals surface area contributed by atoms with Gasteiger partial charge in [0.05, 0.1) is 29.0 Å². The van der Waals surface area contributed by atoms with Gasteiger partial charge in [0.25, 0.3) is 0 Å². The smallest absolute Gasteiger partial charge is 0.352 e. The van der Waals surface area contributed by atoms with Crippen LogP contribution in [0.1, 0.15) is 59.3 Å². The quantitative estimate of drug-likeness (QED) is 0.307. The maximum atomic E-state index is 14.5. The molecule has 6 aliphatic rings. The lowest BCUT2D eigenvalue weighted by Gasteiger charge is -2.72. The maximum absolute atomic E-state index is 14.5. The van der Waals surface area contributed by atoms with Crippen LogP contribution in [-0.2, 0) is 11.1 Å². The molecule has 0 saturated heterocycles. The topological polar surface area (TPSA) is 89.4 Å². The second-order valence-corrected chi connectivity index (χ2v) is 14.2. The van der Waals surface area contributed by atoms with Crippen LogP contribution < -0.4 is 11.4 Å². The Bertz CT molecular complexity index is 1450. The van der Waals surface area contributed by atoms with Gasteiger partial charge in [-0.2, -0.15) is 0 Å². The third-order valence-corrected chi connectivity index (χ3v) is 13.5. The number of halogens is 1. The zero-order valence-electron chi connectivity index (χ0n) is 22.4. The summed E-state index contributed by atoms with van der Waals surface area (Å²) in [6.45, 7) is 6.92. The molecule has 3 fully saturated rings. The summed E-state index contributed by atoms with van der Waals surface area (Å²) in [5.74, 6) is 1.31. The molecule has 8 rings (SSSR count). The summed E-state index contributed by atoms with van der Waals surface area (Å²) in [7, 11) is 0. The van der Waals surface area contributed by atoms with Gasteiger partial charge < -0.3 is 10.2 Å². The third-order valence-electron chi connectivity index (χ3n) is 12.1. The summed E-state index contributed by atoms with van der Waals surface area (Å²) in [6, 6.07) is 9.18. The van der Waals surface area contributed by atoms with Gasteiger partial charge in [-0.25, -0.2) is 23.5 Å². The van der Waals surface area contributed by atoms with Crippen LogP contribution in [0.4, 0.5) is 0 Å². The highest BCUT2D eigenvalue weighted by Gasteiger charge is 2.76. The number of aromatic nitrogens is 3. The SMILES string of the molecule is C[C@H](CI)[C@H]1CC[C@@H]2[C@]1(C)CC[C@H]1[C@]23C=C[C@]2(C[C@@H](O)C[C@H](O)[C@]12C)n1c(=O)n(-c2ccccc2)c(=O)n13. The molecule has 2 N–H and O–H groups in total. The van der Waals surface area contributed by atoms with Gasteiger partial charge in [-0.15, -0.1) is 0 Å². The third kappa shape index (κ3) is 2.64. The van der Waals surface area contributed by atoms with E-state index in [0.29, 0.717) is 30.4 Å². The van der Waals surface area contributed by atoms with Crippen LogP contribution in [-0.4, -0.2) is 40.8 Å². The zero-order chi connectivity index (χ0) is 26.8. The van der Waals surface area contributed by atoms with E-state index in [4.69, 9.17) is 0 Å². The zero-order valence-corrected chi connectivity index (χ0v) is 24.5. The lowest BCUT2D eigenvalue weighted by molar-refractivity contribution is -0.238. The van der Waals surface area contributed by atoms with Gasteiger partial charge in [-0.3, -0.25) is 0 Å². The second-order valence-electron chi connectivity index (χ2n) is 13.4. The number of aliphatic hydroxyl groups excluding tert-OH is 2. The molecule has 3 saturated carbocycles. The molecule has 0 radical (unpaired) electrons. The number of alkyl halides is 1. The van der Waals surface area contributed by atoms with Crippen LogP contribution in [0.5, 0.6) is 0 Å². The van der Waals surface area contributed by atoms with Gasteiger partial charge in [0.1, 0.15) is 0 Å². The molecule has 4 aliphatic carbocycles. The van der Waals surface area contributed by atoms with Crippen molar-refractivity contribution in [3.8, 4) is 5.69 Å². The maximum Gasteiger partial charge on any atom is 0.352 e. The Morgan fingerprint density at radius 3 is 2.42 bits per heavy atom. The molecule has 2 aliphatic heterocycles. The van der Waals surface area contributed by atoms with E-state index in [2.05, 4.69) is 55.5 Å². The number of hydrogen-bond acceptors (Lipinski definition) is 4. The van der Waals surface area contributed by atoms with E-state index in [9.17, 15) is 19.8 Å². The molecular formula is C30H38IN3O4. The number of allylic oxidation sites excluding steroid dienone is 2. The number of hydrogen-bond donors (Lipinski definition) is 2. The predicted octanol–water partition coefficient (Wildman–Crippen LogP) is 3.81. The van der Waals surface area contributed by atoms with Crippen molar-refractivity contribution < 1.29 is 10.2 Å². The molecule has 204 valence electrons. The molecule has 1 aromatic heterocycles. The number of fused-ring (bicyclic) bond motifs is 1. The minimum atomic E-state index is -0.964. The van der Waals surface area contributed by atoms with Crippen molar-refractivity contribution >= 4 is 22.6 Å². The average molecular weight is 632 g/mol. The summed E-state index contributed by atoms with van der Waals surface area (Å²) in [5.41, 5.74) is -2.42. The highest BCUT2D eigenvalue weighted by atomic mass is 127. The molecule has 1 aromatic carbocycles. The highest BCUT2D eigenvalue weighted by molar-refractivity contribution is 14.1. The van der Waals surface area contributed by atoms with Crippen LogP contribution >= 0.6 is 22.6 Å². The second kappa shape index (κ2) is 7.97. The fourth-order valence-corrected chi connectivity index (χ4v) is 11.2. The van der Waals surface area contributed by atoms with Crippen molar-refractivity contribution in [1.82, 2.24) is 13.9 Å². The summed E-state index contributed by atoms with van der Waals surface area (Å²) < 4.78 is 5.92. The van der Waals surface area contributed by atoms with Crippen molar-refractivity contribution in [3.05, 3.63) is 63.5 Å². The Balaban J connectivity index is 1.57. The van der Waals surface area contributed by atoms with E-state index >= 15 is 0 Å². The van der Waals surface area contributed by atoms with Gasteiger partial charge >= 0.3 is 11.4 Å². The van der Waals surface area contributed by atoms with E-state index in [1.54, 1.807) is 16.8 Å². The first-order valence-corrected chi connectivity index (χ1v) is 15.8. The van der Waals surface area contributed by atoms with E-state index < -0.39 is 28.7 Å². The van der Waals surface area contributed by atoms with Gasteiger partial charge in [0.15, 0.2) is 0 Å². The Morgan fingerprint density at radius 2 is 1.71 bits per heavy atom. The Kier molecular flexibility index (Phi) is 5.31. The van der Waals surface area contributed by atoms with Crippen molar-refractivity contribution in [2.24, 2.45) is 34.5 Å². The van der Waals surface area contributed by atoms with Gasteiger partial charge in [-0.05, 0) is 73.3 Å². The summed E-state index contributed by atoms with van der Waals surface area (Å²) in [6.07, 6.45) is 7.53. The minimum Gasteiger partial charge on any atom is -0.393 e. The fourth-order valence-electron chi connectivity index (χ4n) is 10.6. The molecule has 3 heterocycles. The lowest BCUT2D eigenvalue weighted by atomic mass is 9.40. The molecular weight excluding hydrogens is 593 g/mol.